The Balaban J connectivity index is 1.63. The molecule has 2 saturated carbocycles. The maximum atomic E-state index is 8.97. The molecule has 0 amide bonds. The molecule has 2 heteroatoms. The van der Waals surface area contributed by atoms with Gasteiger partial charge in [-0.25, -0.2) is 0 Å². The van der Waals surface area contributed by atoms with Crippen molar-refractivity contribution >= 4 is 0 Å². The fourth-order valence-corrected chi connectivity index (χ4v) is 3.94. The molecule has 2 fully saturated rings. The molecule has 0 saturated heterocycles. The van der Waals surface area contributed by atoms with Crippen molar-refractivity contribution in [2.24, 2.45) is 23.7 Å². The van der Waals surface area contributed by atoms with Crippen molar-refractivity contribution in [3.63, 3.8) is 0 Å². The summed E-state index contributed by atoms with van der Waals surface area (Å²) in [6.07, 6.45) is 14.5. The topological polar surface area (TPSA) is 33.0 Å². The quantitative estimate of drug-likeness (QED) is 0.537. The van der Waals surface area contributed by atoms with Crippen LogP contribution in [0.15, 0.2) is 12.2 Å². The first-order chi connectivity index (χ1) is 9.83. The number of nitrogens with zero attached hydrogens (tertiary/aromatic N) is 1. The molecule has 0 spiro atoms. The lowest BCUT2D eigenvalue weighted by Gasteiger charge is -2.36. The van der Waals surface area contributed by atoms with Gasteiger partial charge in [-0.1, -0.05) is 12.2 Å². The van der Waals surface area contributed by atoms with E-state index >= 15 is 0 Å². The summed E-state index contributed by atoms with van der Waals surface area (Å²) in [5, 5.41) is 8.97. The molecule has 0 bridgehead atoms. The summed E-state index contributed by atoms with van der Waals surface area (Å²) >= 11 is 0. The zero-order valence-electron chi connectivity index (χ0n) is 12.9. The second-order valence-corrected chi connectivity index (χ2v) is 6.63. The SMILES string of the molecule is C/C=C\COCC1CCC(C2CCC(C#N)CC2)CC1. The summed E-state index contributed by atoms with van der Waals surface area (Å²) in [5.41, 5.74) is 0. The molecule has 0 atom stereocenters. The van der Waals surface area contributed by atoms with E-state index in [4.69, 9.17) is 10.00 Å². The number of hydrogen-bond donors (Lipinski definition) is 0. The number of ether oxygens (including phenoxy) is 1. The van der Waals surface area contributed by atoms with Crippen molar-refractivity contribution in [3.05, 3.63) is 12.2 Å². The first-order valence-corrected chi connectivity index (χ1v) is 8.42. The average molecular weight is 275 g/mol. The first kappa shape index (κ1) is 15.6. The minimum absolute atomic E-state index is 0.350. The zero-order chi connectivity index (χ0) is 14.2. The Morgan fingerprint density at radius 2 is 1.60 bits per heavy atom. The van der Waals surface area contributed by atoms with E-state index in [0.29, 0.717) is 5.92 Å². The predicted molar refractivity (Wildman–Crippen MR) is 82.1 cm³/mol. The van der Waals surface area contributed by atoms with E-state index in [1.54, 1.807) is 0 Å². The van der Waals surface area contributed by atoms with Crippen LogP contribution in [-0.2, 0) is 4.74 Å². The highest BCUT2D eigenvalue weighted by Gasteiger charge is 2.30. The van der Waals surface area contributed by atoms with Crippen LogP contribution in [0.3, 0.4) is 0 Å². The van der Waals surface area contributed by atoms with Gasteiger partial charge in [-0.2, -0.15) is 5.26 Å². The average Bonchev–Trinajstić information content (AvgIpc) is 2.52. The van der Waals surface area contributed by atoms with Crippen molar-refractivity contribution in [3.8, 4) is 6.07 Å². The summed E-state index contributed by atoms with van der Waals surface area (Å²) in [4.78, 5) is 0. The van der Waals surface area contributed by atoms with Crippen LogP contribution < -0.4 is 0 Å². The van der Waals surface area contributed by atoms with Gasteiger partial charge in [0.25, 0.3) is 0 Å². The number of rotatable bonds is 5. The molecule has 20 heavy (non-hydrogen) atoms. The molecule has 0 unspecified atom stereocenters. The Labute approximate surface area is 124 Å². The van der Waals surface area contributed by atoms with Crippen LogP contribution in [0.2, 0.25) is 0 Å². The minimum atomic E-state index is 0.350. The van der Waals surface area contributed by atoms with Gasteiger partial charge >= 0.3 is 0 Å². The van der Waals surface area contributed by atoms with Crippen molar-refractivity contribution in [1.29, 1.82) is 5.26 Å². The molecule has 0 aromatic carbocycles. The molecule has 0 aromatic rings. The summed E-state index contributed by atoms with van der Waals surface area (Å²) < 4.78 is 5.70. The van der Waals surface area contributed by atoms with Gasteiger partial charge in [-0.3, -0.25) is 0 Å². The second-order valence-electron chi connectivity index (χ2n) is 6.63. The monoisotopic (exact) mass is 275 g/mol. The van der Waals surface area contributed by atoms with Crippen LogP contribution in [0.4, 0.5) is 0 Å². The Bertz CT molecular complexity index is 328. The van der Waals surface area contributed by atoms with Gasteiger partial charge in [0.05, 0.1) is 12.7 Å². The van der Waals surface area contributed by atoms with Crippen molar-refractivity contribution in [1.82, 2.24) is 0 Å². The van der Waals surface area contributed by atoms with Crippen LogP contribution in [0.25, 0.3) is 0 Å². The minimum Gasteiger partial charge on any atom is -0.377 e. The third-order valence-electron chi connectivity index (χ3n) is 5.32. The third-order valence-corrected chi connectivity index (χ3v) is 5.32. The molecule has 0 aliphatic heterocycles. The van der Waals surface area contributed by atoms with Gasteiger partial charge in [0, 0.05) is 12.5 Å². The van der Waals surface area contributed by atoms with Crippen LogP contribution in [0.1, 0.15) is 58.3 Å². The normalized spacial score (nSPS) is 35.0. The highest BCUT2D eigenvalue weighted by molar-refractivity contribution is 4.89. The fourth-order valence-electron chi connectivity index (χ4n) is 3.94. The largest absolute Gasteiger partial charge is 0.377 e. The lowest BCUT2D eigenvalue weighted by Crippen LogP contribution is -2.26. The predicted octanol–water partition coefficient (Wildman–Crippen LogP) is 4.72. The van der Waals surface area contributed by atoms with Gasteiger partial charge < -0.3 is 4.74 Å². The third kappa shape index (κ3) is 4.63. The first-order valence-electron chi connectivity index (χ1n) is 8.42. The van der Waals surface area contributed by atoms with Gasteiger partial charge in [0.15, 0.2) is 0 Å². The van der Waals surface area contributed by atoms with Crippen molar-refractivity contribution < 1.29 is 4.74 Å². The fraction of sp³-hybridized carbons (Fsp3) is 0.833. The van der Waals surface area contributed by atoms with E-state index in [1.807, 2.05) is 6.92 Å². The molecule has 0 aromatic heterocycles. The maximum absolute atomic E-state index is 8.97. The number of hydrogen-bond acceptors (Lipinski definition) is 2. The van der Waals surface area contributed by atoms with Gasteiger partial charge in [0.2, 0.25) is 0 Å². The van der Waals surface area contributed by atoms with Crippen LogP contribution in [0.5, 0.6) is 0 Å². The van der Waals surface area contributed by atoms with Crippen LogP contribution >= 0.6 is 0 Å². The van der Waals surface area contributed by atoms with E-state index in [-0.39, 0.29) is 0 Å². The standard InChI is InChI=1S/C18H29NO/c1-2-3-12-20-14-16-6-10-18(11-7-16)17-8-4-15(13-19)5-9-17/h2-3,15-18H,4-12,14H2,1H3/b3-2-. The Morgan fingerprint density at radius 3 is 2.15 bits per heavy atom. The lowest BCUT2D eigenvalue weighted by molar-refractivity contribution is 0.0801. The van der Waals surface area contributed by atoms with Crippen molar-refractivity contribution in [2.75, 3.05) is 13.2 Å². The van der Waals surface area contributed by atoms with E-state index in [2.05, 4.69) is 18.2 Å². The molecule has 0 radical (unpaired) electrons. The Morgan fingerprint density at radius 1 is 1.00 bits per heavy atom. The van der Waals surface area contributed by atoms with E-state index in [9.17, 15) is 0 Å². The highest BCUT2D eigenvalue weighted by Crippen LogP contribution is 2.41. The maximum Gasteiger partial charge on any atom is 0.0655 e. The molecule has 2 aliphatic rings. The smallest absolute Gasteiger partial charge is 0.0655 e. The van der Waals surface area contributed by atoms with Gasteiger partial charge in [-0.15, -0.1) is 0 Å². The molecule has 0 heterocycles. The summed E-state index contributed by atoms with van der Waals surface area (Å²) in [6, 6.07) is 2.45. The molecular weight excluding hydrogens is 246 g/mol. The molecule has 0 N–H and O–H groups in total. The Kier molecular flexibility index (Phi) is 6.60. The lowest BCUT2D eigenvalue weighted by atomic mass is 9.69. The molecule has 2 rings (SSSR count). The summed E-state index contributed by atoms with van der Waals surface area (Å²) in [6.45, 7) is 3.75. The van der Waals surface area contributed by atoms with E-state index in [1.165, 1.54) is 38.5 Å². The van der Waals surface area contributed by atoms with Gasteiger partial charge in [-0.05, 0) is 76.0 Å². The van der Waals surface area contributed by atoms with Crippen LogP contribution in [-0.4, -0.2) is 13.2 Å². The molecule has 2 nitrogen and oxygen atoms in total. The zero-order valence-corrected chi connectivity index (χ0v) is 12.9. The molecule has 2 aliphatic carbocycles. The van der Waals surface area contributed by atoms with Crippen molar-refractivity contribution in [2.45, 2.75) is 58.3 Å². The molecule has 112 valence electrons. The van der Waals surface area contributed by atoms with Gasteiger partial charge in [0.1, 0.15) is 0 Å². The number of allylic oxidation sites excluding steroid dienone is 1. The molecular formula is C18H29NO. The summed E-state index contributed by atoms with van der Waals surface area (Å²) in [5.74, 6) is 2.97. The summed E-state index contributed by atoms with van der Waals surface area (Å²) in [7, 11) is 0. The van der Waals surface area contributed by atoms with E-state index < -0.39 is 0 Å². The van der Waals surface area contributed by atoms with E-state index in [0.717, 1.165) is 43.8 Å². The second kappa shape index (κ2) is 8.47. The van der Waals surface area contributed by atoms with Crippen LogP contribution in [0, 0.1) is 35.0 Å². The number of nitriles is 1. The highest BCUT2D eigenvalue weighted by atomic mass is 16.5. The Hall–Kier alpha value is -0.810.